The van der Waals surface area contributed by atoms with E-state index in [2.05, 4.69) is 22.1 Å². The second-order valence-corrected chi connectivity index (χ2v) is 5.18. The molecule has 0 aromatic carbocycles. The number of hydrogen-bond donors (Lipinski definition) is 2. The van der Waals surface area contributed by atoms with E-state index in [1.54, 1.807) is 24.5 Å². The molecule has 0 radical (unpaired) electrons. The molecule has 0 saturated heterocycles. The monoisotopic (exact) mass is 286 g/mol. The van der Waals surface area contributed by atoms with Gasteiger partial charge in [-0.1, -0.05) is 11.8 Å². The van der Waals surface area contributed by atoms with Crippen molar-refractivity contribution in [3.8, 4) is 11.8 Å². The molecular formula is C15H14N2O2S. The van der Waals surface area contributed by atoms with E-state index < -0.39 is 0 Å². The van der Waals surface area contributed by atoms with Gasteiger partial charge < -0.3 is 10.4 Å². The number of carbonyl (C=O) groups excluding carboxylic acids is 1. The molecule has 0 aliphatic carbocycles. The lowest BCUT2D eigenvalue weighted by atomic mass is 10.1. The van der Waals surface area contributed by atoms with Crippen molar-refractivity contribution in [3.05, 3.63) is 52.0 Å². The predicted octanol–water partition coefficient (Wildman–Crippen LogP) is 1.98. The van der Waals surface area contributed by atoms with Crippen LogP contribution in [0.5, 0.6) is 0 Å². The summed E-state index contributed by atoms with van der Waals surface area (Å²) in [5.74, 6) is 5.22. The van der Waals surface area contributed by atoms with Gasteiger partial charge in [-0.05, 0) is 36.8 Å². The van der Waals surface area contributed by atoms with Gasteiger partial charge in [0.1, 0.15) is 6.61 Å². The molecule has 1 atom stereocenters. The number of pyridine rings is 1. The summed E-state index contributed by atoms with van der Waals surface area (Å²) in [6.45, 7) is 1.74. The van der Waals surface area contributed by atoms with Crippen molar-refractivity contribution in [1.29, 1.82) is 0 Å². The van der Waals surface area contributed by atoms with Crippen molar-refractivity contribution in [2.75, 3.05) is 6.61 Å². The van der Waals surface area contributed by atoms with Gasteiger partial charge in [0.2, 0.25) is 0 Å². The number of nitrogens with one attached hydrogen (secondary N) is 1. The van der Waals surface area contributed by atoms with Crippen LogP contribution >= 0.6 is 11.3 Å². The van der Waals surface area contributed by atoms with Crippen molar-refractivity contribution < 1.29 is 9.90 Å². The zero-order valence-corrected chi connectivity index (χ0v) is 11.8. The molecule has 0 aliphatic heterocycles. The maximum Gasteiger partial charge on any atom is 0.261 e. The smallest absolute Gasteiger partial charge is 0.261 e. The molecule has 0 fully saturated rings. The molecule has 4 nitrogen and oxygen atoms in total. The Morgan fingerprint density at radius 3 is 2.85 bits per heavy atom. The third kappa shape index (κ3) is 3.67. The van der Waals surface area contributed by atoms with E-state index in [1.807, 2.05) is 19.1 Å². The van der Waals surface area contributed by atoms with Gasteiger partial charge in [-0.25, -0.2) is 0 Å². The van der Waals surface area contributed by atoms with Crippen LogP contribution in [-0.4, -0.2) is 22.6 Å². The molecule has 2 heterocycles. The van der Waals surface area contributed by atoms with Crippen LogP contribution in [0.1, 0.15) is 33.1 Å². The normalized spacial score (nSPS) is 11.3. The average Bonchev–Trinajstić information content (AvgIpc) is 2.95. The van der Waals surface area contributed by atoms with Gasteiger partial charge in [0.15, 0.2) is 0 Å². The van der Waals surface area contributed by atoms with Crippen molar-refractivity contribution in [3.63, 3.8) is 0 Å². The van der Waals surface area contributed by atoms with E-state index >= 15 is 0 Å². The minimum Gasteiger partial charge on any atom is -0.384 e. The fraction of sp³-hybridized carbons (Fsp3) is 0.200. The fourth-order valence-electron chi connectivity index (χ4n) is 1.66. The average molecular weight is 286 g/mol. The number of aliphatic hydroxyl groups is 1. The molecule has 0 bridgehead atoms. The number of aromatic nitrogens is 1. The number of nitrogens with zero attached hydrogens (tertiary/aromatic N) is 1. The van der Waals surface area contributed by atoms with Gasteiger partial charge in [-0.3, -0.25) is 9.78 Å². The first-order valence-electron chi connectivity index (χ1n) is 6.11. The highest BCUT2D eigenvalue weighted by atomic mass is 32.1. The largest absolute Gasteiger partial charge is 0.384 e. The Balaban J connectivity index is 2.03. The Hall–Kier alpha value is -2.16. The number of carbonyl (C=O) groups is 1. The summed E-state index contributed by atoms with van der Waals surface area (Å²) in [6.07, 6.45) is 3.40. The molecule has 1 amide bonds. The van der Waals surface area contributed by atoms with E-state index in [9.17, 15) is 4.79 Å². The van der Waals surface area contributed by atoms with E-state index in [1.165, 1.54) is 11.3 Å². The van der Waals surface area contributed by atoms with Crippen molar-refractivity contribution >= 4 is 17.2 Å². The summed E-state index contributed by atoms with van der Waals surface area (Å²) < 4.78 is 0. The standard InChI is InChI=1S/C15H14N2O2S/c1-11(12-6-8-16-9-7-12)17-15(19)14-5-4-13(20-14)3-2-10-18/h4-9,11,18H,10H2,1H3,(H,17,19). The zero-order chi connectivity index (χ0) is 14.4. The van der Waals surface area contributed by atoms with E-state index in [0.717, 1.165) is 10.4 Å². The summed E-state index contributed by atoms with van der Waals surface area (Å²) >= 11 is 1.31. The van der Waals surface area contributed by atoms with Gasteiger partial charge in [0, 0.05) is 12.4 Å². The highest BCUT2D eigenvalue weighted by molar-refractivity contribution is 7.14. The first-order chi connectivity index (χ1) is 9.70. The van der Waals surface area contributed by atoms with Crippen LogP contribution in [0.4, 0.5) is 0 Å². The molecule has 2 N–H and O–H groups in total. The number of thiophene rings is 1. The first kappa shape index (κ1) is 14.3. The van der Waals surface area contributed by atoms with Crippen LogP contribution in [0, 0.1) is 11.8 Å². The molecule has 5 heteroatoms. The van der Waals surface area contributed by atoms with Crippen LogP contribution in [0.15, 0.2) is 36.7 Å². The molecule has 1 unspecified atom stereocenters. The van der Waals surface area contributed by atoms with Crippen LogP contribution in [0.2, 0.25) is 0 Å². The Kier molecular flexibility index (Phi) is 4.88. The molecule has 0 aliphatic rings. The highest BCUT2D eigenvalue weighted by Crippen LogP contribution is 2.17. The first-order valence-corrected chi connectivity index (χ1v) is 6.92. The topological polar surface area (TPSA) is 62.2 Å². The summed E-state index contributed by atoms with van der Waals surface area (Å²) in [6, 6.07) is 7.18. The quantitative estimate of drug-likeness (QED) is 0.848. The molecule has 2 aromatic heterocycles. The van der Waals surface area contributed by atoms with Gasteiger partial charge in [0.25, 0.3) is 5.91 Å². The number of amides is 1. The molecule has 102 valence electrons. The lowest BCUT2D eigenvalue weighted by molar-refractivity contribution is 0.0944. The van der Waals surface area contributed by atoms with Crippen LogP contribution in [0.3, 0.4) is 0 Å². The lowest BCUT2D eigenvalue weighted by Gasteiger charge is -2.13. The van der Waals surface area contributed by atoms with Gasteiger partial charge in [-0.2, -0.15) is 0 Å². The SMILES string of the molecule is CC(NC(=O)c1ccc(C#CCO)s1)c1ccncc1. The van der Waals surface area contributed by atoms with Gasteiger partial charge >= 0.3 is 0 Å². The van der Waals surface area contributed by atoms with Gasteiger partial charge in [0.05, 0.1) is 15.8 Å². The second-order valence-electron chi connectivity index (χ2n) is 4.10. The zero-order valence-electron chi connectivity index (χ0n) is 11.0. The third-order valence-corrected chi connectivity index (χ3v) is 3.67. The number of aliphatic hydroxyl groups excluding tert-OH is 1. The number of rotatable bonds is 3. The number of hydrogen-bond acceptors (Lipinski definition) is 4. The van der Waals surface area contributed by atoms with Crippen molar-refractivity contribution in [1.82, 2.24) is 10.3 Å². The summed E-state index contributed by atoms with van der Waals surface area (Å²) in [4.78, 5) is 17.4. The van der Waals surface area contributed by atoms with Crippen LogP contribution < -0.4 is 5.32 Å². The third-order valence-electron chi connectivity index (χ3n) is 2.67. The van der Waals surface area contributed by atoms with Gasteiger partial charge in [-0.15, -0.1) is 11.3 Å². The highest BCUT2D eigenvalue weighted by Gasteiger charge is 2.12. The summed E-state index contributed by atoms with van der Waals surface area (Å²) in [5.41, 5.74) is 1.00. The minimum absolute atomic E-state index is 0.0837. The van der Waals surface area contributed by atoms with E-state index in [-0.39, 0.29) is 18.6 Å². The molecule has 2 rings (SSSR count). The fourth-order valence-corrected chi connectivity index (χ4v) is 2.44. The van der Waals surface area contributed by atoms with Crippen molar-refractivity contribution in [2.24, 2.45) is 0 Å². The Bertz CT molecular complexity index is 641. The van der Waals surface area contributed by atoms with Crippen LogP contribution in [-0.2, 0) is 0 Å². The van der Waals surface area contributed by atoms with Crippen LogP contribution in [0.25, 0.3) is 0 Å². The van der Waals surface area contributed by atoms with E-state index in [4.69, 9.17) is 5.11 Å². The second kappa shape index (κ2) is 6.85. The Morgan fingerprint density at radius 1 is 1.40 bits per heavy atom. The predicted molar refractivity (Wildman–Crippen MR) is 78.4 cm³/mol. The summed E-state index contributed by atoms with van der Waals surface area (Å²) in [5, 5.41) is 11.6. The maximum absolute atomic E-state index is 12.1. The molecular weight excluding hydrogens is 272 g/mol. The molecule has 0 spiro atoms. The Labute approximate surface area is 121 Å². The van der Waals surface area contributed by atoms with Crippen molar-refractivity contribution in [2.45, 2.75) is 13.0 Å². The molecule has 0 saturated carbocycles. The van der Waals surface area contributed by atoms with E-state index in [0.29, 0.717) is 4.88 Å². The lowest BCUT2D eigenvalue weighted by Crippen LogP contribution is -2.25. The molecule has 20 heavy (non-hydrogen) atoms. The summed E-state index contributed by atoms with van der Waals surface area (Å²) in [7, 11) is 0. The molecule has 2 aromatic rings. The Morgan fingerprint density at radius 2 is 2.15 bits per heavy atom. The minimum atomic E-state index is -0.182. The maximum atomic E-state index is 12.1.